The van der Waals surface area contributed by atoms with Gasteiger partial charge in [0.25, 0.3) is 0 Å². The summed E-state index contributed by atoms with van der Waals surface area (Å²) in [5.74, 6) is 14.9. The summed E-state index contributed by atoms with van der Waals surface area (Å²) in [6.07, 6.45) is 0. The summed E-state index contributed by atoms with van der Waals surface area (Å²) >= 11 is -1.98. The number of hydrogen-bond donors (Lipinski definition) is 0. The van der Waals surface area contributed by atoms with E-state index in [0.717, 1.165) is 0 Å². The van der Waals surface area contributed by atoms with Gasteiger partial charge < -0.3 is 21.9 Å². The molecule has 0 aliphatic heterocycles. The van der Waals surface area contributed by atoms with Crippen LogP contribution in [-0.4, -0.2) is 21.9 Å². The molecule has 0 unspecified atom stereocenters. The fourth-order valence-electron chi connectivity index (χ4n) is 0. The molecule has 0 aliphatic carbocycles. The Morgan fingerprint density at radius 2 is 0.625 bits per heavy atom. The van der Waals surface area contributed by atoms with E-state index in [1.165, 1.54) is 0 Å². The molecule has 0 saturated carbocycles. The quantitative estimate of drug-likeness (QED) is 0.525. The molecule has 8 heavy (non-hydrogen) atoms. The summed E-state index contributed by atoms with van der Waals surface area (Å²) in [5, 5.41) is 0. The van der Waals surface area contributed by atoms with Gasteiger partial charge in [0, 0.05) is 0 Å². The molecule has 0 saturated heterocycles. The Bertz CT molecular complexity index is 16.0. The first kappa shape index (κ1) is 32.3. The monoisotopic (exact) mass is 335 g/mol. The molecular formula is H8Cl3GdO4. The molecule has 0 bridgehead atoms. The van der Waals surface area contributed by atoms with Crippen LogP contribution in [0.2, 0.25) is 0 Å². The van der Waals surface area contributed by atoms with E-state index in [2.05, 4.69) is 0 Å². The molecule has 61 valence electrons. The van der Waals surface area contributed by atoms with Crippen molar-refractivity contribution in [2.24, 2.45) is 0 Å². The Hall–Kier alpha value is 2.03. The predicted molar refractivity (Wildman–Crippen MR) is 32.0 cm³/mol. The zero-order valence-corrected chi connectivity index (χ0v) is 8.02. The first-order valence-electron chi connectivity index (χ1n) is 0.401. The minimum atomic E-state index is -1.98. The molecular weight excluding hydrogens is 328 g/mol. The second-order valence-electron chi connectivity index (χ2n) is 0.152. The molecule has 8 heteroatoms. The van der Waals surface area contributed by atoms with Crippen molar-refractivity contribution < 1.29 is 51.1 Å². The summed E-state index contributed by atoms with van der Waals surface area (Å²) in [4.78, 5) is 0. The normalized spacial score (nSPS) is 5.62. The van der Waals surface area contributed by atoms with E-state index in [9.17, 15) is 0 Å². The van der Waals surface area contributed by atoms with Crippen LogP contribution < -0.4 is 0 Å². The molecule has 8 N–H and O–H groups in total. The summed E-state index contributed by atoms with van der Waals surface area (Å²) in [6, 6.07) is 0. The zero-order valence-electron chi connectivity index (χ0n) is 3.49. The van der Waals surface area contributed by atoms with Crippen LogP contribution in [0.25, 0.3) is 0 Å². The Kier molecular flexibility index (Phi) is 92.9. The molecule has 0 heterocycles. The van der Waals surface area contributed by atoms with Gasteiger partial charge in [0.15, 0.2) is 0 Å². The van der Waals surface area contributed by atoms with Gasteiger partial charge in [-0.15, -0.1) is 0 Å². The van der Waals surface area contributed by atoms with E-state index in [1.807, 2.05) is 0 Å². The second-order valence-corrected chi connectivity index (χ2v) is 10.1. The maximum atomic E-state index is 4.98. The molecule has 0 aromatic heterocycles. The average Bonchev–Trinajstić information content (AvgIpc) is 0.811. The number of halogens is 3. The average molecular weight is 336 g/mol. The van der Waals surface area contributed by atoms with E-state index in [-0.39, 0.29) is 21.9 Å². The summed E-state index contributed by atoms with van der Waals surface area (Å²) in [5.41, 5.74) is 0. The van der Waals surface area contributed by atoms with E-state index in [1.54, 1.807) is 0 Å². The van der Waals surface area contributed by atoms with Crippen LogP contribution in [0.5, 0.6) is 0 Å². The fourth-order valence-corrected chi connectivity index (χ4v) is 0. The molecule has 0 fully saturated rings. The molecule has 0 radical (unpaired) electrons. The van der Waals surface area contributed by atoms with Gasteiger partial charge in [-0.3, -0.25) is 0 Å². The van der Waals surface area contributed by atoms with Crippen LogP contribution in [-0.2, 0) is 0 Å². The molecule has 0 spiro atoms. The van der Waals surface area contributed by atoms with Crippen molar-refractivity contribution >= 4 is 17.9 Å². The number of hydrogen-bond acceptors (Lipinski definition) is 0. The van der Waals surface area contributed by atoms with Crippen molar-refractivity contribution in [1.82, 2.24) is 0 Å². The molecule has 0 rings (SSSR count). The number of rotatable bonds is 0. The Morgan fingerprint density at radius 3 is 0.625 bits per heavy atom. The molecule has 4 nitrogen and oxygen atoms in total. The SMILES string of the molecule is O.O.O.O.[Cl][Gd]([Cl])[Cl]. The van der Waals surface area contributed by atoms with E-state index in [0.29, 0.717) is 0 Å². The van der Waals surface area contributed by atoms with Crippen molar-refractivity contribution in [1.29, 1.82) is 0 Å². The topological polar surface area (TPSA) is 126 Å². The van der Waals surface area contributed by atoms with Gasteiger partial charge in [0.1, 0.15) is 0 Å². The van der Waals surface area contributed by atoms with Crippen LogP contribution in [0.15, 0.2) is 0 Å². The van der Waals surface area contributed by atoms with Gasteiger partial charge in [0.05, 0.1) is 0 Å². The Balaban J connectivity index is -0.00000000750. The molecule has 0 aromatic rings. The van der Waals surface area contributed by atoms with Gasteiger partial charge in [-0.1, -0.05) is 0 Å². The Morgan fingerprint density at radius 1 is 0.625 bits per heavy atom. The van der Waals surface area contributed by atoms with Crippen molar-refractivity contribution in [3.63, 3.8) is 0 Å². The first-order valence-corrected chi connectivity index (χ1v) is 8.92. The van der Waals surface area contributed by atoms with E-state index < -0.39 is 29.2 Å². The van der Waals surface area contributed by atoms with Crippen molar-refractivity contribution in [3.05, 3.63) is 0 Å². The van der Waals surface area contributed by atoms with Crippen LogP contribution in [0.1, 0.15) is 0 Å². The second kappa shape index (κ2) is 23.0. The zero-order chi connectivity index (χ0) is 3.58. The third-order valence-corrected chi connectivity index (χ3v) is 0. The predicted octanol–water partition coefficient (Wildman–Crippen LogP) is -1.23. The van der Waals surface area contributed by atoms with E-state index in [4.69, 9.17) is 17.9 Å². The standard InChI is InChI=1S/3ClH.Gd.4H2O/h3*1H;;4*1H2/q;;;+3;;;;/p-3. The van der Waals surface area contributed by atoms with Crippen molar-refractivity contribution in [3.8, 4) is 0 Å². The van der Waals surface area contributed by atoms with Crippen LogP contribution in [0.4, 0.5) is 0 Å². The van der Waals surface area contributed by atoms with Gasteiger partial charge in [-0.25, -0.2) is 0 Å². The van der Waals surface area contributed by atoms with Gasteiger partial charge in [-0.05, 0) is 0 Å². The summed E-state index contributed by atoms with van der Waals surface area (Å²) in [6.45, 7) is 0. The minimum absolute atomic E-state index is 0. The molecule has 0 amide bonds. The third-order valence-electron chi connectivity index (χ3n) is 0. The third kappa shape index (κ3) is 96.0. The van der Waals surface area contributed by atoms with Gasteiger partial charge >= 0.3 is 47.1 Å². The molecule has 0 aromatic carbocycles. The van der Waals surface area contributed by atoms with E-state index >= 15 is 0 Å². The fraction of sp³-hybridized carbons (Fsp3) is 0. The van der Waals surface area contributed by atoms with Crippen LogP contribution in [0.3, 0.4) is 0 Å². The van der Waals surface area contributed by atoms with Gasteiger partial charge in [0.2, 0.25) is 0 Å². The maximum absolute atomic E-state index is 4.98. The first-order chi connectivity index (χ1) is 1.73. The molecule has 0 aliphatic rings. The van der Waals surface area contributed by atoms with Crippen molar-refractivity contribution in [2.75, 3.05) is 0 Å². The van der Waals surface area contributed by atoms with Crippen LogP contribution >= 0.6 is 17.9 Å². The van der Waals surface area contributed by atoms with Crippen LogP contribution in [0, 0.1) is 29.2 Å². The Labute approximate surface area is 67.9 Å². The summed E-state index contributed by atoms with van der Waals surface area (Å²) in [7, 11) is 0. The van der Waals surface area contributed by atoms with Gasteiger partial charge in [-0.2, -0.15) is 0 Å². The summed E-state index contributed by atoms with van der Waals surface area (Å²) < 4.78 is 0. The van der Waals surface area contributed by atoms with Crippen molar-refractivity contribution in [2.45, 2.75) is 0 Å². The molecule has 0 atom stereocenters.